The molecule has 3 nitrogen and oxygen atoms in total. The zero-order chi connectivity index (χ0) is 17.1. The van der Waals surface area contributed by atoms with E-state index < -0.39 is 0 Å². The van der Waals surface area contributed by atoms with Gasteiger partial charge in [0.1, 0.15) is 0 Å². The van der Waals surface area contributed by atoms with Gasteiger partial charge in [0, 0.05) is 0 Å². The fraction of sp³-hybridized carbons (Fsp3) is 0.857. The van der Waals surface area contributed by atoms with Gasteiger partial charge in [0.05, 0.1) is 19.1 Å². The summed E-state index contributed by atoms with van der Waals surface area (Å²) in [6.45, 7) is 4.81. The van der Waals surface area contributed by atoms with E-state index >= 15 is 0 Å². The topological polar surface area (TPSA) is 46.5 Å². The van der Waals surface area contributed by atoms with Crippen molar-refractivity contribution in [1.29, 1.82) is 0 Å². The Bertz CT molecular complexity index is 567. The first-order valence-corrected chi connectivity index (χ1v) is 9.85. The van der Waals surface area contributed by atoms with Crippen LogP contribution in [-0.4, -0.2) is 24.3 Å². The number of hydrogen-bond donors (Lipinski definition) is 1. The third-order valence-corrected chi connectivity index (χ3v) is 8.56. The smallest absolute Gasteiger partial charge is 0.309 e. The van der Waals surface area contributed by atoms with Crippen molar-refractivity contribution >= 4 is 5.97 Å². The van der Waals surface area contributed by atoms with Crippen LogP contribution in [0.25, 0.3) is 0 Å². The number of aliphatic hydroxyl groups is 1. The Kier molecular flexibility index (Phi) is 3.87. The highest BCUT2D eigenvalue weighted by Gasteiger charge is 2.60. The summed E-state index contributed by atoms with van der Waals surface area (Å²) in [5, 5.41) is 10.1. The molecule has 4 aliphatic rings. The minimum atomic E-state index is -0.134. The summed E-state index contributed by atoms with van der Waals surface area (Å²) in [5.41, 5.74) is 1.94. The van der Waals surface area contributed by atoms with E-state index in [9.17, 15) is 9.90 Å². The molecular formula is C21H32O3. The lowest BCUT2D eigenvalue weighted by atomic mass is 9.47. The predicted molar refractivity (Wildman–Crippen MR) is 93.2 cm³/mol. The number of carbonyl (C=O) groups is 1. The SMILES string of the molecule is COC(=O)[C@H]1CC[C@H]2[C@@H]3CC=C4CC(O)CC[C@]4(C)[C@H]3CC[C@]12C. The van der Waals surface area contributed by atoms with E-state index in [1.165, 1.54) is 25.5 Å². The van der Waals surface area contributed by atoms with Crippen LogP contribution in [0.2, 0.25) is 0 Å². The third kappa shape index (κ3) is 2.16. The van der Waals surface area contributed by atoms with Crippen LogP contribution in [0, 0.1) is 34.5 Å². The maximum Gasteiger partial charge on any atom is 0.309 e. The Morgan fingerprint density at radius 2 is 1.96 bits per heavy atom. The van der Waals surface area contributed by atoms with E-state index in [4.69, 9.17) is 4.74 Å². The molecule has 0 aliphatic heterocycles. The van der Waals surface area contributed by atoms with Crippen LogP contribution in [0.3, 0.4) is 0 Å². The monoisotopic (exact) mass is 332 g/mol. The highest BCUT2D eigenvalue weighted by atomic mass is 16.5. The quantitative estimate of drug-likeness (QED) is 0.581. The molecule has 1 unspecified atom stereocenters. The molecule has 0 amide bonds. The number of methoxy groups -OCH3 is 1. The number of allylic oxidation sites excluding steroid dienone is 1. The van der Waals surface area contributed by atoms with Crippen molar-refractivity contribution in [2.45, 2.75) is 71.3 Å². The van der Waals surface area contributed by atoms with E-state index in [-0.39, 0.29) is 28.8 Å². The predicted octanol–water partition coefficient (Wildman–Crippen LogP) is 4.10. The second-order valence-electron chi connectivity index (χ2n) is 9.35. The Morgan fingerprint density at radius 3 is 2.71 bits per heavy atom. The lowest BCUT2D eigenvalue weighted by Gasteiger charge is -2.57. The largest absolute Gasteiger partial charge is 0.469 e. The lowest BCUT2D eigenvalue weighted by molar-refractivity contribution is -0.152. The molecule has 3 fully saturated rings. The average Bonchev–Trinajstić information content (AvgIpc) is 2.92. The molecule has 4 rings (SSSR count). The normalized spacial score (nSPS) is 50.3. The molecule has 7 atom stereocenters. The van der Waals surface area contributed by atoms with Crippen molar-refractivity contribution in [2.75, 3.05) is 7.11 Å². The zero-order valence-corrected chi connectivity index (χ0v) is 15.4. The van der Waals surface area contributed by atoms with Crippen molar-refractivity contribution in [3.05, 3.63) is 11.6 Å². The number of carbonyl (C=O) groups excluding carboxylic acids is 1. The molecule has 0 radical (unpaired) electrons. The first-order valence-electron chi connectivity index (χ1n) is 9.85. The molecule has 0 saturated heterocycles. The van der Waals surface area contributed by atoms with Crippen molar-refractivity contribution in [1.82, 2.24) is 0 Å². The maximum atomic E-state index is 12.3. The number of rotatable bonds is 1. The van der Waals surface area contributed by atoms with Gasteiger partial charge in [-0.05, 0) is 80.0 Å². The first kappa shape index (κ1) is 16.6. The van der Waals surface area contributed by atoms with Gasteiger partial charge in [-0.1, -0.05) is 25.5 Å². The minimum absolute atomic E-state index is 0.0116. The fourth-order valence-corrected chi connectivity index (χ4v) is 7.17. The third-order valence-electron chi connectivity index (χ3n) is 8.56. The molecule has 1 N–H and O–H groups in total. The summed E-state index contributed by atoms with van der Waals surface area (Å²) in [5.74, 6) is 2.21. The molecule has 24 heavy (non-hydrogen) atoms. The van der Waals surface area contributed by atoms with Gasteiger partial charge in [-0.25, -0.2) is 0 Å². The number of esters is 1. The summed E-state index contributed by atoms with van der Waals surface area (Å²) in [7, 11) is 1.54. The van der Waals surface area contributed by atoms with E-state index in [0.29, 0.717) is 11.8 Å². The average molecular weight is 332 g/mol. The summed E-state index contributed by atoms with van der Waals surface area (Å²) in [6, 6.07) is 0. The van der Waals surface area contributed by atoms with Gasteiger partial charge in [-0.3, -0.25) is 4.79 Å². The number of hydrogen-bond acceptors (Lipinski definition) is 3. The highest BCUT2D eigenvalue weighted by molar-refractivity contribution is 5.73. The second kappa shape index (κ2) is 5.59. The molecule has 134 valence electrons. The zero-order valence-electron chi connectivity index (χ0n) is 15.4. The lowest BCUT2D eigenvalue weighted by Crippen LogP contribution is -2.51. The molecular weight excluding hydrogens is 300 g/mol. The van der Waals surface area contributed by atoms with Gasteiger partial charge < -0.3 is 9.84 Å². The standard InChI is InChI=1S/C21H32O3/c1-20-10-8-14(22)12-13(20)4-5-15-16-6-7-18(19(23)24-3)21(16,2)11-9-17(15)20/h4,14-18,22H,5-12H2,1-3H3/t14?,15-,16-,17-,18+,20-,21-/m0/s1. The van der Waals surface area contributed by atoms with Crippen LogP contribution in [0.4, 0.5) is 0 Å². The van der Waals surface area contributed by atoms with E-state index in [2.05, 4.69) is 19.9 Å². The summed E-state index contributed by atoms with van der Waals surface area (Å²) in [6.07, 6.45) is 11.0. The highest BCUT2D eigenvalue weighted by Crippen LogP contribution is 2.66. The summed E-state index contributed by atoms with van der Waals surface area (Å²) < 4.78 is 5.12. The molecule has 0 aromatic carbocycles. The van der Waals surface area contributed by atoms with Crippen LogP contribution in [0.15, 0.2) is 11.6 Å². The van der Waals surface area contributed by atoms with Crippen molar-refractivity contribution in [2.24, 2.45) is 34.5 Å². The number of ether oxygens (including phenoxy) is 1. The van der Waals surface area contributed by atoms with Crippen LogP contribution < -0.4 is 0 Å². The molecule has 0 bridgehead atoms. The molecule has 3 heteroatoms. The van der Waals surface area contributed by atoms with Crippen LogP contribution in [0.1, 0.15) is 65.2 Å². The molecule has 0 heterocycles. The van der Waals surface area contributed by atoms with Crippen LogP contribution in [0.5, 0.6) is 0 Å². The van der Waals surface area contributed by atoms with Gasteiger partial charge in [-0.15, -0.1) is 0 Å². The Hall–Kier alpha value is -0.830. The Morgan fingerprint density at radius 1 is 1.17 bits per heavy atom. The first-order chi connectivity index (χ1) is 11.4. The Balaban J connectivity index is 1.64. The van der Waals surface area contributed by atoms with Crippen molar-refractivity contribution in [3.63, 3.8) is 0 Å². The van der Waals surface area contributed by atoms with E-state index in [0.717, 1.165) is 44.4 Å². The summed E-state index contributed by atoms with van der Waals surface area (Å²) in [4.78, 5) is 12.3. The molecule has 4 aliphatic carbocycles. The molecule has 0 aromatic rings. The van der Waals surface area contributed by atoms with Gasteiger partial charge in [0.2, 0.25) is 0 Å². The fourth-order valence-electron chi connectivity index (χ4n) is 7.17. The van der Waals surface area contributed by atoms with Gasteiger partial charge in [-0.2, -0.15) is 0 Å². The van der Waals surface area contributed by atoms with Gasteiger partial charge >= 0.3 is 5.97 Å². The minimum Gasteiger partial charge on any atom is -0.469 e. The number of aliphatic hydroxyl groups excluding tert-OH is 1. The van der Waals surface area contributed by atoms with Crippen molar-refractivity contribution < 1.29 is 14.6 Å². The maximum absolute atomic E-state index is 12.3. The van der Waals surface area contributed by atoms with Crippen LogP contribution >= 0.6 is 0 Å². The van der Waals surface area contributed by atoms with Crippen molar-refractivity contribution in [3.8, 4) is 0 Å². The number of fused-ring (bicyclic) bond motifs is 5. The molecule has 0 spiro atoms. The molecule has 3 saturated carbocycles. The summed E-state index contributed by atoms with van der Waals surface area (Å²) >= 11 is 0. The van der Waals surface area contributed by atoms with Gasteiger partial charge in [0.15, 0.2) is 0 Å². The Labute approximate surface area is 145 Å². The van der Waals surface area contributed by atoms with Gasteiger partial charge in [0.25, 0.3) is 0 Å². The van der Waals surface area contributed by atoms with Crippen LogP contribution in [-0.2, 0) is 9.53 Å². The second-order valence-corrected chi connectivity index (χ2v) is 9.35. The van der Waals surface area contributed by atoms with E-state index in [1.807, 2.05) is 0 Å². The molecule has 0 aromatic heterocycles. The van der Waals surface area contributed by atoms with E-state index in [1.54, 1.807) is 0 Å².